The Bertz CT molecular complexity index is 321. The molecule has 0 amide bonds. The summed E-state index contributed by atoms with van der Waals surface area (Å²) in [7, 11) is 3.24. The normalized spacial score (nSPS) is 10.5. The van der Waals surface area contributed by atoms with E-state index in [0.717, 1.165) is 17.1 Å². The van der Waals surface area contributed by atoms with Gasteiger partial charge in [-0.15, -0.1) is 0 Å². The van der Waals surface area contributed by atoms with Crippen LogP contribution in [0.3, 0.4) is 0 Å². The molecule has 1 rings (SSSR count). The largest absolute Gasteiger partial charge is 0.493 e. The average molecular weight is 193 g/mol. The Labute approximate surface area is 84.1 Å². The molecule has 2 N–H and O–H groups in total. The lowest BCUT2D eigenvalue weighted by atomic mass is 10.2. The number of methoxy groups -OCH3 is 2. The van der Waals surface area contributed by atoms with Crippen LogP contribution >= 0.6 is 0 Å². The molecule has 0 fully saturated rings. The molecule has 0 spiro atoms. The molecule has 0 bridgehead atoms. The third-order valence-corrected chi connectivity index (χ3v) is 1.85. The monoisotopic (exact) mass is 193 g/mol. The van der Waals surface area contributed by atoms with E-state index >= 15 is 0 Å². The van der Waals surface area contributed by atoms with Crippen LogP contribution in [0.4, 0.5) is 0 Å². The maximum atomic E-state index is 5.36. The zero-order chi connectivity index (χ0) is 10.4. The topological polar surface area (TPSA) is 44.5 Å². The lowest BCUT2D eigenvalue weighted by Crippen LogP contribution is -1.93. The van der Waals surface area contributed by atoms with Gasteiger partial charge in [-0.3, -0.25) is 0 Å². The third-order valence-electron chi connectivity index (χ3n) is 1.85. The molecule has 0 atom stereocenters. The van der Waals surface area contributed by atoms with Crippen LogP contribution in [0.5, 0.6) is 11.5 Å². The second-order valence-electron chi connectivity index (χ2n) is 2.75. The summed E-state index contributed by atoms with van der Waals surface area (Å²) >= 11 is 0. The lowest BCUT2D eigenvalue weighted by molar-refractivity contribution is 0.355. The van der Waals surface area contributed by atoms with Gasteiger partial charge in [-0.05, 0) is 17.7 Å². The van der Waals surface area contributed by atoms with Crippen LogP contribution in [0.25, 0.3) is 6.08 Å². The Morgan fingerprint density at radius 3 is 2.50 bits per heavy atom. The zero-order valence-electron chi connectivity index (χ0n) is 8.49. The highest BCUT2D eigenvalue weighted by Gasteiger charge is 2.01. The van der Waals surface area contributed by atoms with Crippen molar-refractivity contribution in [3.8, 4) is 11.5 Å². The molecule has 1 aromatic carbocycles. The van der Waals surface area contributed by atoms with E-state index < -0.39 is 0 Å². The fourth-order valence-corrected chi connectivity index (χ4v) is 1.16. The van der Waals surface area contributed by atoms with E-state index in [2.05, 4.69) is 0 Å². The van der Waals surface area contributed by atoms with Gasteiger partial charge in [-0.1, -0.05) is 18.2 Å². The second-order valence-corrected chi connectivity index (χ2v) is 2.75. The Morgan fingerprint density at radius 2 is 1.93 bits per heavy atom. The van der Waals surface area contributed by atoms with Crippen LogP contribution in [-0.2, 0) is 0 Å². The standard InChI is InChI=1S/C11H15NO2/c1-13-10-6-5-9(4-3-7-12)8-11(10)14-2/h3-6,8H,7,12H2,1-2H3/b4-3+. The third kappa shape index (κ3) is 2.50. The van der Waals surface area contributed by atoms with Crippen molar-refractivity contribution in [3.63, 3.8) is 0 Å². The summed E-state index contributed by atoms with van der Waals surface area (Å²) in [5, 5.41) is 0. The summed E-state index contributed by atoms with van der Waals surface area (Å²) in [6.45, 7) is 0.536. The Morgan fingerprint density at radius 1 is 1.21 bits per heavy atom. The maximum absolute atomic E-state index is 5.36. The van der Waals surface area contributed by atoms with E-state index in [9.17, 15) is 0 Å². The number of hydrogen-bond acceptors (Lipinski definition) is 3. The van der Waals surface area contributed by atoms with Crippen molar-refractivity contribution >= 4 is 6.08 Å². The molecule has 1 aromatic rings. The van der Waals surface area contributed by atoms with E-state index in [-0.39, 0.29) is 0 Å². The number of benzene rings is 1. The van der Waals surface area contributed by atoms with E-state index in [1.807, 2.05) is 30.4 Å². The van der Waals surface area contributed by atoms with Crippen molar-refractivity contribution in [2.24, 2.45) is 5.73 Å². The van der Waals surface area contributed by atoms with Crippen LogP contribution < -0.4 is 15.2 Å². The molecule has 0 saturated heterocycles. The predicted molar refractivity (Wildman–Crippen MR) is 57.6 cm³/mol. The van der Waals surface area contributed by atoms with E-state index in [1.54, 1.807) is 14.2 Å². The van der Waals surface area contributed by atoms with Crippen molar-refractivity contribution < 1.29 is 9.47 Å². The minimum absolute atomic E-state index is 0.536. The minimum atomic E-state index is 0.536. The van der Waals surface area contributed by atoms with Gasteiger partial charge in [0.1, 0.15) is 0 Å². The highest BCUT2D eigenvalue weighted by atomic mass is 16.5. The molecule has 3 nitrogen and oxygen atoms in total. The zero-order valence-corrected chi connectivity index (χ0v) is 8.49. The predicted octanol–water partition coefficient (Wildman–Crippen LogP) is 1.68. The van der Waals surface area contributed by atoms with Gasteiger partial charge in [0.05, 0.1) is 14.2 Å². The summed E-state index contributed by atoms with van der Waals surface area (Å²) in [6, 6.07) is 5.73. The molecule has 0 aromatic heterocycles. The molecular weight excluding hydrogens is 178 g/mol. The molecule has 0 aliphatic carbocycles. The first-order chi connectivity index (χ1) is 6.81. The maximum Gasteiger partial charge on any atom is 0.161 e. The number of nitrogens with two attached hydrogens (primary N) is 1. The Kier molecular flexibility index (Phi) is 4.01. The highest BCUT2D eigenvalue weighted by molar-refractivity contribution is 5.55. The summed E-state index contributed by atoms with van der Waals surface area (Å²) in [6.07, 6.45) is 3.84. The first-order valence-electron chi connectivity index (χ1n) is 4.40. The molecule has 3 heteroatoms. The fraction of sp³-hybridized carbons (Fsp3) is 0.273. The number of hydrogen-bond donors (Lipinski definition) is 1. The molecule has 0 aliphatic rings. The second kappa shape index (κ2) is 5.29. The van der Waals surface area contributed by atoms with Gasteiger partial charge in [0.15, 0.2) is 11.5 Å². The van der Waals surface area contributed by atoms with Gasteiger partial charge >= 0.3 is 0 Å². The Balaban J connectivity index is 2.95. The van der Waals surface area contributed by atoms with Crippen LogP contribution in [-0.4, -0.2) is 20.8 Å². The molecule has 14 heavy (non-hydrogen) atoms. The SMILES string of the molecule is COc1ccc(/C=C/CN)cc1OC. The van der Waals surface area contributed by atoms with Gasteiger partial charge in [0.25, 0.3) is 0 Å². The number of rotatable bonds is 4. The summed E-state index contributed by atoms with van der Waals surface area (Å²) < 4.78 is 10.3. The van der Waals surface area contributed by atoms with Crippen LogP contribution in [0.15, 0.2) is 24.3 Å². The van der Waals surface area contributed by atoms with Crippen molar-refractivity contribution in [2.45, 2.75) is 0 Å². The van der Waals surface area contributed by atoms with Gasteiger partial charge in [-0.25, -0.2) is 0 Å². The van der Waals surface area contributed by atoms with Crippen molar-refractivity contribution in [1.29, 1.82) is 0 Å². The van der Waals surface area contributed by atoms with E-state index in [4.69, 9.17) is 15.2 Å². The van der Waals surface area contributed by atoms with Gasteiger partial charge in [0, 0.05) is 6.54 Å². The molecule has 0 saturated carbocycles. The van der Waals surface area contributed by atoms with Gasteiger partial charge in [-0.2, -0.15) is 0 Å². The summed E-state index contributed by atoms with van der Waals surface area (Å²) in [5.74, 6) is 1.46. The summed E-state index contributed by atoms with van der Waals surface area (Å²) in [4.78, 5) is 0. The smallest absolute Gasteiger partial charge is 0.161 e. The lowest BCUT2D eigenvalue weighted by Gasteiger charge is -2.07. The molecule has 0 unspecified atom stereocenters. The van der Waals surface area contributed by atoms with Crippen molar-refractivity contribution in [1.82, 2.24) is 0 Å². The first-order valence-corrected chi connectivity index (χ1v) is 4.40. The molecule has 0 heterocycles. The molecule has 76 valence electrons. The average Bonchev–Trinajstić information content (AvgIpc) is 2.25. The van der Waals surface area contributed by atoms with Crippen LogP contribution in [0.2, 0.25) is 0 Å². The minimum Gasteiger partial charge on any atom is -0.493 e. The number of ether oxygens (including phenoxy) is 2. The van der Waals surface area contributed by atoms with Crippen molar-refractivity contribution in [2.75, 3.05) is 20.8 Å². The molecule has 0 radical (unpaired) electrons. The van der Waals surface area contributed by atoms with Crippen LogP contribution in [0, 0.1) is 0 Å². The Hall–Kier alpha value is -1.48. The quantitative estimate of drug-likeness (QED) is 0.791. The molecular formula is C11H15NO2. The van der Waals surface area contributed by atoms with E-state index in [1.165, 1.54) is 0 Å². The van der Waals surface area contributed by atoms with Crippen LogP contribution in [0.1, 0.15) is 5.56 Å². The van der Waals surface area contributed by atoms with Gasteiger partial charge in [0.2, 0.25) is 0 Å². The fourth-order valence-electron chi connectivity index (χ4n) is 1.16. The van der Waals surface area contributed by atoms with Gasteiger partial charge < -0.3 is 15.2 Å². The van der Waals surface area contributed by atoms with Crippen molar-refractivity contribution in [3.05, 3.63) is 29.8 Å². The van der Waals surface area contributed by atoms with E-state index in [0.29, 0.717) is 6.54 Å². The first kappa shape index (κ1) is 10.6. The molecule has 0 aliphatic heterocycles. The highest BCUT2D eigenvalue weighted by Crippen LogP contribution is 2.27. The summed E-state index contributed by atoms with van der Waals surface area (Å²) in [5.41, 5.74) is 6.41.